The number of pyridine rings is 1. The smallest absolute Gasteiger partial charge is 0.291 e. The first kappa shape index (κ1) is 11.5. The van der Waals surface area contributed by atoms with Gasteiger partial charge in [0.1, 0.15) is 0 Å². The predicted molar refractivity (Wildman–Crippen MR) is 73.1 cm³/mol. The molecule has 2 aromatic heterocycles. The van der Waals surface area contributed by atoms with Crippen molar-refractivity contribution >= 4 is 22.5 Å². The molecule has 0 unspecified atom stereocenters. The van der Waals surface area contributed by atoms with Gasteiger partial charge in [0.25, 0.3) is 5.91 Å². The van der Waals surface area contributed by atoms with E-state index in [-0.39, 0.29) is 5.91 Å². The number of furan rings is 1. The third-order valence-corrected chi connectivity index (χ3v) is 2.84. The summed E-state index contributed by atoms with van der Waals surface area (Å²) in [6.45, 7) is 1.90. The standard InChI is InChI=1S/C15H12N2O2/c1-10-9-13(11-5-2-3-6-12(11)16-10)17-15(18)14-7-4-8-19-14/h2-9H,1H3,(H,16,17,18). The fourth-order valence-electron chi connectivity index (χ4n) is 2.00. The average molecular weight is 252 g/mol. The summed E-state index contributed by atoms with van der Waals surface area (Å²) < 4.78 is 5.08. The minimum absolute atomic E-state index is 0.263. The van der Waals surface area contributed by atoms with Gasteiger partial charge >= 0.3 is 0 Å². The molecule has 1 N–H and O–H groups in total. The summed E-state index contributed by atoms with van der Waals surface area (Å²) >= 11 is 0. The van der Waals surface area contributed by atoms with Crippen LogP contribution in [0, 0.1) is 6.92 Å². The van der Waals surface area contributed by atoms with Crippen LogP contribution in [0.1, 0.15) is 16.2 Å². The molecule has 4 nitrogen and oxygen atoms in total. The Hall–Kier alpha value is -2.62. The molecule has 3 rings (SSSR count). The number of aromatic nitrogens is 1. The van der Waals surface area contributed by atoms with Crippen LogP contribution in [0.2, 0.25) is 0 Å². The fourth-order valence-corrected chi connectivity index (χ4v) is 2.00. The number of carbonyl (C=O) groups excluding carboxylic acids is 1. The number of benzene rings is 1. The van der Waals surface area contributed by atoms with E-state index in [9.17, 15) is 4.79 Å². The third-order valence-electron chi connectivity index (χ3n) is 2.84. The maximum Gasteiger partial charge on any atom is 0.291 e. The van der Waals surface area contributed by atoms with Gasteiger partial charge in [0.2, 0.25) is 0 Å². The normalized spacial score (nSPS) is 10.6. The van der Waals surface area contributed by atoms with E-state index in [2.05, 4.69) is 10.3 Å². The zero-order valence-electron chi connectivity index (χ0n) is 10.4. The Balaban J connectivity index is 2.03. The summed E-state index contributed by atoms with van der Waals surface area (Å²) in [7, 11) is 0. The van der Waals surface area contributed by atoms with Crippen LogP contribution in [0.15, 0.2) is 53.1 Å². The van der Waals surface area contributed by atoms with Crippen molar-refractivity contribution in [1.29, 1.82) is 0 Å². The number of nitrogens with one attached hydrogen (secondary N) is 1. The molecule has 0 aliphatic carbocycles. The molecule has 0 fully saturated rings. The lowest BCUT2D eigenvalue weighted by Crippen LogP contribution is -2.11. The van der Waals surface area contributed by atoms with Crippen molar-refractivity contribution in [1.82, 2.24) is 4.98 Å². The fraction of sp³-hybridized carbons (Fsp3) is 0.0667. The zero-order chi connectivity index (χ0) is 13.2. The van der Waals surface area contributed by atoms with Crippen LogP contribution in [0.3, 0.4) is 0 Å². The lowest BCUT2D eigenvalue weighted by molar-refractivity contribution is 0.0997. The lowest BCUT2D eigenvalue weighted by Gasteiger charge is -2.08. The molecule has 0 atom stereocenters. The highest BCUT2D eigenvalue weighted by atomic mass is 16.3. The van der Waals surface area contributed by atoms with E-state index in [1.165, 1.54) is 6.26 Å². The topological polar surface area (TPSA) is 55.1 Å². The molecule has 0 bridgehead atoms. The summed E-state index contributed by atoms with van der Waals surface area (Å²) in [6, 6.07) is 12.9. The molecule has 0 saturated heterocycles. The summed E-state index contributed by atoms with van der Waals surface area (Å²) in [5.41, 5.74) is 2.45. The minimum Gasteiger partial charge on any atom is -0.459 e. The van der Waals surface area contributed by atoms with Crippen molar-refractivity contribution in [3.8, 4) is 0 Å². The van der Waals surface area contributed by atoms with Crippen LogP contribution in [-0.2, 0) is 0 Å². The van der Waals surface area contributed by atoms with E-state index >= 15 is 0 Å². The Morgan fingerprint density at radius 2 is 2.05 bits per heavy atom. The van der Waals surface area contributed by atoms with E-state index in [0.717, 1.165) is 22.3 Å². The van der Waals surface area contributed by atoms with Crippen molar-refractivity contribution in [2.45, 2.75) is 6.92 Å². The Bertz CT molecular complexity index is 733. The lowest BCUT2D eigenvalue weighted by atomic mass is 10.1. The first-order valence-corrected chi connectivity index (χ1v) is 5.95. The van der Waals surface area contributed by atoms with Crippen LogP contribution < -0.4 is 5.32 Å². The van der Waals surface area contributed by atoms with Crippen LogP contribution in [-0.4, -0.2) is 10.9 Å². The number of carbonyl (C=O) groups is 1. The second kappa shape index (κ2) is 4.57. The van der Waals surface area contributed by atoms with Gasteiger partial charge in [-0.25, -0.2) is 0 Å². The van der Waals surface area contributed by atoms with Crippen molar-refractivity contribution < 1.29 is 9.21 Å². The monoisotopic (exact) mass is 252 g/mol. The Morgan fingerprint density at radius 1 is 1.21 bits per heavy atom. The molecule has 0 spiro atoms. The van der Waals surface area contributed by atoms with E-state index in [4.69, 9.17) is 4.42 Å². The predicted octanol–water partition coefficient (Wildman–Crippen LogP) is 3.39. The van der Waals surface area contributed by atoms with E-state index < -0.39 is 0 Å². The van der Waals surface area contributed by atoms with E-state index in [1.807, 2.05) is 37.3 Å². The Morgan fingerprint density at radius 3 is 2.84 bits per heavy atom. The van der Waals surface area contributed by atoms with Gasteiger partial charge in [-0.2, -0.15) is 0 Å². The quantitative estimate of drug-likeness (QED) is 0.760. The van der Waals surface area contributed by atoms with Crippen LogP contribution in [0.4, 0.5) is 5.69 Å². The number of hydrogen-bond donors (Lipinski definition) is 1. The first-order valence-electron chi connectivity index (χ1n) is 5.95. The van der Waals surface area contributed by atoms with Gasteiger partial charge in [0.05, 0.1) is 17.5 Å². The molecular weight excluding hydrogens is 240 g/mol. The van der Waals surface area contributed by atoms with Gasteiger partial charge in [0, 0.05) is 11.1 Å². The second-order valence-corrected chi connectivity index (χ2v) is 4.26. The number of amides is 1. The summed E-state index contributed by atoms with van der Waals surface area (Å²) in [5.74, 6) is 0.0271. The SMILES string of the molecule is Cc1cc(NC(=O)c2ccco2)c2ccccc2n1. The molecular formula is C15H12N2O2. The van der Waals surface area contributed by atoms with Gasteiger partial charge in [-0.05, 0) is 31.2 Å². The highest BCUT2D eigenvalue weighted by Gasteiger charge is 2.11. The Labute approximate surface area is 110 Å². The molecule has 4 heteroatoms. The first-order chi connectivity index (χ1) is 9.24. The maximum atomic E-state index is 12.0. The third kappa shape index (κ3) is 2.20. The summed E-state index contributed by atoms with van der Waals surface area (Å²) in [4.78, 5) is 16.4. The number of nitrogens with zero attached hydrogens (tertiary/aromatic N) is 1. The van der Waals surface area contributed by atoms with Crippen molar-refractivity contribution in [3.05, 3.63) is 60.2 Å². The highest BCUT2D eigenvalue weighted by molar-refractivity contribution is 6.07. The van der Waals surface area contributed by atoms with Gasteiger partial charge in [-0.15, -0.1) is 0 Å². The number of fused-ring (bicyclic) bond motifs is 1. The Kier molecular flexibility index (Phi) is 2.76. The second-order valence-electron chi connectivity index (χ2n) is 4.26. The minimum atomic E-state index is -0.263. The number of anilines is 1. The van der Waals surface area contributed by atoms with Gasteiger partial charge < -0.3 is 9.73 Å². The van der Waals surface area contributed by atoms with Crippen LogP contribution in [0.5, 0.6) is 0 Å². The van der Waals surface area contributed by atoms with Gasteiger partial charge in [0.15, 0.2) is 5.76 Å². The molecule has 0 radical (unpaired) electrons. The van der Waals surface area contributed by atoms with Crippen LogP contribution in [0.25, 0.3) is 10.9 Å². The molecule has 1 amide bonds. The zero-order valence-corrected chi connectivity index (χ0v) is 10.4. The molecule has 0 saturated carbocycles. The molecule has 0 aliphatic rings. The van der Waals surface area contributed by atoms with E-state index in [1.54, 1.807) is 12.1 Å². The molecule has 1 aromatic carbocycles. The van der Waals surface area contributed by atoms with Crippen molar-refractivity contribution in [3.63, 3.8) is 0 Å². The number of rotatable bonds is 2. The molecule has 2 heterocycles. The number of aryl methyl sites for hydroxylation is 1. The molecule has 3 aromatic rings. The van der Waals surface area contributed by atoms with E-state index in [0.29, 0.717) is 5.76 Å². The van der Waals surface area contributed by atoms with Crippen LogP contribution >= 0.6 is 0 Å². The van der Waals surface area contributed by atoms with Crippen molar-refractivity contribution in [2.75, 3.05) is 5.32 Å². The number of para-hydroxylation sites is 1. The van der Waals surface area contributed by atoms with Gasteiger partial charge in [-0.1, -0.05) is 18.2 Å². The average Bonchev–Trinajstić information content (AvgIpc) is 2.92. The highest BCUT2D eigenvalue weighted by Crippen LogP contribution is 2.23. The molecule has 94 valence electrons. The summed E-state index contributed by atoms with van der Waals surface area (Å²) in [5, 5.41) is 3.77. The maximum absolute atomic E-state index is 12.0. The van der Waals surface area contributed by atoms with Gasteiger partial charge in [-0.3, -0.25) is 9.78 Å². The largest absolute Gasteiger partial charge is 0.459 e. The number of hydrogen-bond acceptors (Lipinski definition) is 3. The molecule has 0 aliphatic heterocycles. The van der Waals surface area contributed by atoms with Crippen molar-refractivity contribution in [2.24, 2.45) is 0 Å². The molecule has 19 heavy (non-hydrogen) atoms. The summed E-state index contributed by atoms with van der Waals surface area (Å²) in [6.07, 6.45) is 1.48.